The van der Waals surface area contributed by atoms with Crippen molar-refractivity contribution >= 4 is 27.5 Å². The lowest BCUT2D eigenvalue weighted by molar-refractivity contribution is -0.123. The van der Waals surface area contributed by atoms with Gasteiger partial charge in [0, 0.05) is 11.3 Å². The van der Waals surface area contributed by atoms with Crippen molar-refractivity contribution in [1.29, 1.82) is 0 Å². The van der Waals surface area contributed by atoms with Gasteiger partial charge in [-0.05, 0) is 80.4 Å². The number of hydrogen-bond donors (Lipinski definition) is 3. The largest absolute Gasteiger partial charge is 0.490 e. The molecule has 0 heterocycles. The molecule has 0 aliphatic rings. The van der Waals surface area contributed by atoms with Crippen molar-refractivity contribution in [3.05, 3.63) is 83.4 Å². The van der Waals surface area contributed by atoms with Gasteiger partial charge in [0.1, 0.15) is 0 Å². The fourth-order valence-electron chi connectivity index (χ4n) is 3.03. The molecule has 0 fully saturated rings. The van der Waals surface area contributed by atoms with Crippen molar-refractivity contribution in [2.75, 3.05) is 17.9 Å². The molecule has 3 aromatic carbocycles. The highest BCUT2D eigenvalue weighted by Crippen LogP contribution is 2.26. The van der Waals surface area contributed by atoms with Crippen molar-refractivity contribution in [2.45, 2.75) is 25.7 Å². The lowest BCUT2D eigenvalue weighted by Gasteiger charge is -2.12. The van der Waals surface area contributed by atoms with Gasteiger partial charge < -0.3 is 9.47 Å². The highest BCUT2D eigenvalue weighted by atomic mass is 32.2. The lowest BCUT2D eigenvalue weighted by Crippen LogP contribution is -2.43. The summed E-state index contributed by atoms with van der Waals surface area (Å²) in [7, 11) is -3.83. The second kappa shape index (κ2) is 11.4. The Labute approximate surface area is 204 Å². The van der Waals surface area contributed by atoms with Crippen LogP contribution in [-0.4, -0.2) is 33.4 Å². The molecule has 35 heavy (non-hydrogen) atoms. The zero-order valence-corrected chi connectivity index (χ0v) is 20.4. The molecule has 3 rings (SSSR count). The Balaban J connectivity index is 1.54. The Kier molecular flexibility index (Phi) is 8.32. The standard InChI is InChI=1S/C25H27N3O6S/c1-4-33-22-7-5-6-8-23(22)34-16-24(29)26-27-25(30)19-10-13-21(14-11-19)35(31,32)28-20-12-9-17(2)18(3)15-20/h5-15,28H,4,16H2,1-3H3,(H,26,29)(H,27,30). The quantitative estimate of drug-likeness (QED) is 0.390. The summed E-state index contributed by atoms with van der Waals surface area (Å²) in [5.74, 6) is -0.281. The molecule has 0 saturated heterocycles. The summed E-state index contributed by atoms with van der Waals surface area (Å²) in [6, 6.07) is 17.5. The topological polar surface area (TPSA) is 123 Å². The van der Waals surface area contributed by atoms with Crippen molar-refractivity contribution in [1.82, 2.24) is 10.9 Å². The molecule has 3 N–H and O–H groups in total. The van der Waals surface area contributed by atoms with Gasteiger partial charge in [-0.2, -0.15) is 0 Å². The third-order valence-electron chi connectivity index (χ3n) is 5.01. The Morgan fingerprint density at radius 1 is 0.829 bits per heavy atom. The van der Waals surface area contributed by atoms with Crippen LogP contribution in [-0.2, 0) is 14.8 Å². The molecule has 184 valence electrons. The van der Waals surface area contributed by atoms with E-state index in [-0.39, 0.29) is 17.1 Å². The van der Waals surface area contributed by atoms with Gasteiger partial charge in [0.15, 0.2) is 18.1 Å². The van der Waals surface area contributed by atoms with Crippen LogP contribution in [0.1, 0.15) is 28.4 Å². The van der Waals surface area contributed by atoms with Crippen LogP contribution >= 0.6 is 0 Å². The number of aryl methyl sites for hydroxylation is 2. The Morgan fingerprint density at radius 3 is 2.11 bits per heavy atom. The third kappa shape index (κ3) is 6.97. The summed E-state index contributed by atoms with van der Waals surface area (Å²) in [5.41, 5.74) is 7.15. The number of para-hydroxylation sites is 2. The van der Waals surface area contributed by atoms with Crippen molar-refractivity contribution < 1.29 is 27.5 Å². The summed E-state index contributed by atoms with van der Waals surface area (Å²) in [4.78, 5) is 24.4. The van der Waals surface area contributed by atoms with Gasteiger partial charge in [0.2, 0.25) is 0 Å². The van der Waals surface area contributed by atoms with E-state index in [1.807, 2.05) is 26.8 Å². The van der Waals surface area contributed by atoms with E-state index in [1.54, 1.807) is 36.4 Å². The molecule has 0 aromatic heterocycles. The number of benzene rings is 3. The monoisotopic (exact) mass is 497 g/mol. The molecule has 0 saturated carbocycles. The first kappa shape index (κ1) is 25.6. The second-order valence-corrected chi connectivity index (χ2v) is 9.28. The number of nitrogens with one attached hydrogen (secondary N) is 3. The van der Waals surface area contributed by atoms with E-state index in [1.165, 1.54) is 24.3 Å². The van der Waals surface area contributed by atoms with E-state index in [2.05, 4.69) is 15.6 Å². The van der Waals surface area contributed by atoms with Crippen LogP contribution in [0.2, 0.25) is 0 Å². The van der Waals surface area contributed by atoms with Crippen LogP contribution < -0.4 is 25.0 Å². The molecule has 0 bridgehead atoms. The number of carbonyl (C=O) groups is 2. The predicted molar refractivity (Wildman–Crippen MR) is 132 cm³/mol. The van der Waals surface area contributed by atoms with Crippen molar-refractivity contribution in [3.63, 3.8) is 0 Å². The maximum atomic E-state index is 12.7. The van der Waals surface area contributed by atoms with Gasteiger partial charge in [-0.15, -0.1) is 0 Å². The summed E-state index contributed by atoms with van der Waals surface area (Å²) < 4.78 is 38.7. The van der Waals surface area contributed by atoms with Gasteiger partial charge in [0.25, 0.3) is 21.8 Å². The van der Waals surface area contributed by atoms with E-state index in [0.717, 1.165) is 11.1 Å². The van der Waals surface area contributed by atoms with Crippen LogP contribution in [0.4, 0.5) is 5.69 Å². The fourth-order valence-corrected chi connectivity index (χ4v) is 4.08. The number of ether oxygens (including phenoxy) is 2. The summed E-state index contributed by atoms with van der Waals surface area (Å²) in [5, 5.41) is 0. The molecule has 3 aromatic rings. The highest BCUT2D eigenvalue weighted by molar-refractivity contribution is 7.92. The van der Waals surface area contributed by atoms with Gasteiger partial charge in [-0.3, -0.25) is 25.2 Å². The predicted octanol–water partition coefficient (Wildman–Crippen LogP) is 3.34. The molecular weight excluding hydrogens is 470 g/mol. The average molecular weight is 498 g/mol. The number of hydrogen-bond acceptors (Lipinski definition) is 6. The minimum absolute atomic E-state index is 0.00215. The van der Waals surface area contributed by atoms with Crippen molar-refractivity contribution in [3.8, 4) is 11.5 Å². The Bertz CT molecular complexity index is 1310. The van der Waals surface area contributed by atoms with Gasteiger partial charge in [0.05, 0.1) is 11.5 Å². The number of carbonyl (C=O) groups excluding carboxylic acids is 2. The molecule has 9 nitrogen and oxygen atoms in total. The molecular formula is C25H27N3O6S. The zero-order valence-electron chi connectivity index (χ0n) is 19.6. The van der Waals surface area contributed by atoms with Gasteiger partial charge in [-0.1, -0.05) is 18.2 Å². The van der Waals surface area contributed by atoms with Crippen LogP contribution in [0.3, 0.4) is 0 Å². The van der Waals surface area contributed by atoms with E-state index in [9.17, 15) is 18.0 Å². The summed E-state index contributed by atoms with van der Waals surface area (Å²) >= 11 is 0. The maximum Gasteiger partial charge on any atom is 0.276 e. The smallest absolute Gasteiger partial charge is 0.276 e. The Morgan fingerprint density at radius 2 is 1.49 bits per heavy atom. The van der Waals surface area contributed by atoms with Crippen LogP contribution in [0.15, 0.2) is 71.6 Å². The molecule has 0 unspecified atom stereocenters. The number of hydrazine groups is 1. The SMILES string of the molecule is CCOc1ccccc1OCC(=O)NNC(=O)c1ccc(S(=O)(=O)Nc2ccc(C)c(C)c2)cc1. The minimum atomic E-state index is -3.83. The van der Waals surface area contributed by atoms with Gasteiger partial charge >= 0.3 is 0 Å². The van der Waals surface area contributed by atoms with E-state index < -0.39 is 21.8 Å². The first-order valence-corrected chi connectivity index (χ1v) is 12.3. The summed E-state index contributed by atoms with van der Waals surface area (Å²) in [6.07, 6.45) is 0. The zero-order chi connectivity index (χ0) is 25.4. The Hall–Kier alpha value is -4.05. The molecule has 0 spiro atoms. The highest BCUT2D eigenvalue weighted by Gasteiger charge is 2.16. The molecule has 2 amide bonds. The average Bonchev–Trinajstić information content (AvgIpc) is 2.84. The lowest BCUT2D eigenvalue weighted by atomic mass is 10.1. The molecule has 10 heteroatoms. The fraction of sp³-hybridized carbons (Fsp3) is 0.200. The normalized spacial score (nSPS) is 10.8. The number of anilines is 1. The number of amides is 2. The minimum Gasteiger partial charge on any atom is -0.490 e. The number of sulfonamides is 1. The molecule has 0 aliphatic carbocycles. The van der Waals surface area contributed by atoms with E-state index >= 15 is 0 Å². The molecule has 0 aliphatic heterocycles. The molecule has 0 atom stereocenters. The van der Waals surface area contributed by atoms with E-state index in [0.29, 0.717) is 23.8 Å². The van der Waals surface area contributed by atoms with Gasteiger partial charge in [-0.25, -0.2) is 8.42 Å². The van der Waals surface area contributed by atoms with Crippen LogP contribution in [0.25, 0.3) is 0 Å². The number of rotatable bonds is 9. The third-order valence-corrected chi connectivity index (χ3v) is 6.41. The van der Waals surface area contributed by atoms with E-state index in [4.69, 9.17) is 9.47 Å². The maximum absolute atomic E-state index is 12.7. The van der Waals surface area contributed by atoms with Crippen LogP contribution in [0.5, 0.6) is 11.5 Å². The second-order valence-electron chi connectivity index (χ2n) is 7.60. The van der Waals surface area contributed by atoms with Crippen molar-refractivity contribution in [2.24, 2.45) is 0 Å². The van der Waals surface area contributed by atoms with Crippen LogP contribution in [0, 0.1) is 13.8 Å². The summed E-state index contributed by atoms with van der Waals surface area (Å²) in [6.45, 7) is 5.78. The first-order valence-electron chi connectivity index (χ1n) is 10.8. The molecule has 0 radical (unpaired) electrons. The first-order chi connectivity index (χ1) is 16.7.